The minimum absolute atomic E-state index is 0. The van der Waals surface area contributed by atoms with E-state index in [0.717, 1.165) is 81.3 Å². The summed E-state index contributed by atoms with van der Waals surface area (Å²) < 4.78 is 74.8. The smallest absolute Gasteiger partial charge is 0.340 e. The molecule has 134 heavy (non-hydrogen) atoms. The van der Waals surface area contributed by atoms with Crippen LogP contribution in [0.1, 0.15) is 236 Å². The van der Waals surface area contributed by atoms with Crippen LogP contribution < -0.4 is 24.3 Å². The third-order valence-electron chi connectivity index (χ3n) is 25.2. The number of amides is 2. The molecule has 1 N–H and O–H groups in total. The first kappa shape index (κ1) is 105. The number of halogens is 8. The quantitative estimate of drug-likeness (QED) is 0.0166. The van der Waals surface area contributed by atoms with Crippen molar-refractivity contribution in [3.8, 4) is 46.6 Å². The van der Waals surface area contributed by atoms with Gasteiger partial charge in [-0.15, -0.1) is 0 Å². The summed E-state index contributed by atoms with van der Waals surface area (Å²) in [6.45, 7) is 30.2. The van der Waals surface area contributed by atoms with Gasteiger partial charge in [0.15, 0.2) is 22.7 Å². The van der Waals surface area contributed by atoms with Gasteiger partial charge in [-0.05, 0) is 263 Å². The number of carbonyl (C=O) groups is 4. The van der Waals surface area contributed by atoms with Gasteiger partial charge in [0, 0.05) is 93.5 Å². The van der Waals surface area contributed by atoms with Crippen LogP contribution in [-0.2, 0) is 71.5 Å². The molecule has 1 saturated heterocycles. The number of carbonyl (C=O) groups excluding carboxylic acids is 4. The summed E-state index contributed by atoms with van der Waals surface area (Å²) in [5.74, 6) is 1.61. The van der Waals surface area contributed by atoms with Crippen molar-refractivity contribution in [1.82, 2.24) is 19.6 Å². The minimum atomic E-state index is -1.65. The number of nitriles is 2. The van der Waals surface area contributed by atoms with Gasteiger partial charge in [-0.3, -0.25) is 9.59 Å². The Morgan fingerprint density at radius 2 is 0.918 bits per heavy atom. The van der Waals surface area contributed by atoms with E-state index in [1.54, 1.807) is 38.5 Å². The zero-order valence-corrected chi connectivity index (χ0v) is 85.2. The van der Waals surface area contributed by atoms with Crippen LogP contribution in [-0.4, -0.2) is 128 Å². The largest absolute Gasteiger partial charge is 0.497 e. The first-order valence-electron chi connectivity index (χ1n) is 44.6. The number of benzene rings is 9. The lowest BCUT2D eigenvalue weighted by molar-refractivity contribution is -0.134. The fourth-order valence-electron chi connectivity index (χ4n) is 18.2. The highest BCUT2D eigenvalue weighted by molar-refractivity contribution is 7.44. The highest BCUT2D eigenvalue weighted by atomic mass is 35.5. The maximum Gasteiger partial charge on any atom is 0.340 e. The Labute approximate surface area is 829 Å². The number of unbranched alkanes of at least 4 members (excludes halogenated alkanes) is 3. The van der Waals surface area contributed by atoms with E-state index in [0.29, 0.717) is 133 Å². The Hall–Kier alpha value is -8.06. The number of nitrogens with one attached hydrogen (secondary N) is 1. The third kappa shape index (κ3) is 21.2. The van der Waals surface area contributed by atoms with Crippen molar-refractivity contribution in [2.24, 2.45) is 0 Å². The highest BCUT2D eigenvalue weighted by Gasteiger charge is 2.58. The number of hydrogen-bond donors (Lipinski definition) is 1. The first-order valence-corrected chi connectivity index (χ1v) is 49.9. The number of fused-ring (bicyclic) bond motifs is 12. The lowest BCUT2D eigenvalue weighted by Gasteiger charge is -2.39. The van der Waals surface area contributed by atoms with E-state index in [1.165, 1.54) is 12.1 Å². The molecule has 5 heterocycles. The molecule has 21 nitrogen and oxygen atoms in total. The number of esters is 2. The summed E-state index contributed by atoms with van der Waals surface area (Å²) >= 11 is 54.3. The first-order chi connectivity index (χ1) is 63.5. The molecule has 2 amide bonds. The molecule has 6 atom stereocenters. The maximum atomic E-state index is 15.3. The molecule has 712 valence electrons. The van der Waals surface area contributed by atoms with Crippen molar-refractivity contribution < 1.29 is 70.4 Å². The lowest BCUT2D eigenvalue weighted by Crippen LogP contribution is -2.42. The fraction of sp³-hybridized carbons (Fsp3) is 0.417. The Morgan fingerprint density at radius 1 is 0.507 bits per heavy atom. The van der Waals surface area contributed by atoms with Crippen molar-refractivity contribution in [3.05, 3.63) is 273 Å². The van der Waals surface area contributed by atoms with Crippen LogP contribution >= 0.6 is 110 Å². The molecule has 0 radical (unpaired) electrons. The predicted octanol–water partition coefficient (Wildman–Crippen LogP) is 27.3. The number of likely N-dealkylation sites (tertiary alicyclic amines) is 1. The van der Waals surface area contributed by atoms with Gasteiger partial charge in [0.1, 0.15) is 28.6 Å². The van der Waals surface area contributed by atoms with Crippen LogP contribution in [0.15, 0.2) is 127 Å². The number of aryl methyl sites for hydroxylation is 2. The van der Waals surface area contributed by atoms with Crippen LogP contribution in [0.2, 0.25) is 40.2 Å². The van der Waals surface area contributed by atoms with Gasteiger partial charge in [0.05, 0.1) is 119 Å². The highest BCUT2D eigenvalue weighted by Crippen LogP contribution is 2.64. The molecule has 0 saturated carbocycles. The van der Waals surface area contributed by atoms with Gasteiger partial charge in [0.2, 0.25) is 11.8 Å². The number of ether oxygens (including phenoxy) is 7. The van der Waals surface area contributed by atoms with E-state index >= 15 is 4.79 Å². The van der Waals surface area contributed by atoms with Crippen LogP contribution in [0.3, 0.4) is 0 Å². The summed E-state index contributed by atoms with van der Waals surface area (Å²) in [6, 6.07) is 43.8. The molecular weight excluding hydrogens is 1910 g/mol. The molecule has 9 aromatic carbocycles. The molecule has 9 aromatic rings. The fourth-order valence-corrected chi connectivity index (χ4v) is 23.2. The van der Waals surface area contributed by atoms with Crippen LogP contribution in [0, 0.1) is 64.2 Å². The second-order valence-electron chi connectivity index (χ2n) is 34.8. The minimum Gasteiger partial charge on any atom is -0.497 e. The number of hydrogen-bond acceptors (Lipinski definition) is 19. The summed E-state index contributed by atoms with van der Waals surface area (Å²) in [7, 11) is 0.365. The Balaban J connectivity index is 0.000000255. The molecule has 0 aliphatic carbocycles. The number of nitrogens with zero attached hydrogens (tertiary/aromatic N) is 5. The normalized spacial score (nSPS) is 17.1. The lowest BCUT2D eigenvalue weighted by atomic mass is 9.75. The zero-order chi connectivity index (χ0) is 96.0. The SMILES string of the molecule is C.COc1ccc(C(OC[C@@H]2C[C@@H](OP(OCCC#N)N(C(C)C)C(C)C)CN2C(=O)CCc2cc3c(c(Cl)c2C)Oc2c(cc(Cl)c(C)c2C)C32OC(=O)c3cc(Cl)c(Cl)cc32)(c2ccccc2)c2ccc(OC)cc2)cc1.Cc1c(Cl)cc2c(c1C)Oc1c(cc(CCC(=O)NCCCCCCOP(OCCC#N)N(C(C)C)C(C)C)c(C)c1Cl)C21OC(=O)c2cc(Cl)c(Cl)cc21. The van der Waals surface area contributed by atoms with Gasteiger partial charge in [-0.1, -0.05) is 168 Å². The topological polar surface area (TPSA) is 239 Å². The second-order valence-corrected chi connectivity index (χ2v) is 40.9. The summed E-state index contributed by atoms with van der Waals surface area (Å²) in [5.41, 5.74) is 8.01. The van der Waals surface area contributed by atoms with Crippen LogP contribution in [0.25, 0.3) is 0 Å². The van der Waals surface area contributed by atoms with E-state index in [9.17, 15) is 19.6 Å². The van der Waals surface area contributed by atoms with E-state index in [2.05, 4.69) is 82.2 Å². The summed E-state index contributed by atoms with van der Waals surface area (Å²) in [6.07, 6.45) is 5.03. The van der Waals surface area contributed by atoms with E-state index in [-0.39, 0.29) is 120 Å². The molecule has 4 unspecified atom stereocenters. The predicted molar refractivity (Wildman–Crippen MR) is 532 cm³/mol. The van der Waals surface area contributed by atoms with Crippen molar-refractivity contribution >= 4 is 134 Å². The van der Waals surface area contributed by atoms with Crippen LogP contribution in [0.5, 0.6) is 34.5 Å². The average molecular weight is 2020 g/mol. The van der Waals surface area contributed by atoms with E-state index in [4.69, 9.17) is 149 Å². The standard InChI is InChI=1S/C61H62Cl4N3O9P.C41H48Cl4N3O6P.CH4/c1-35(2)68(36(3)4)78(74-27-13-26-66)77-47-29-44(34-73-60(41-14-11-10-12-15-41,42-17-21-45(71-8)22-18-42)43-19-23-46(72-9)24-20-43)67(33-47)55(69)25-16-40-28-50-58(56(65)39(40)7)75-57-38(6)37(5)52(62)32-51(57)61(50)49-31-54(64)53(63)30-48(49)59(70)76-61;1-23(2)48(24(3)4)55(52-18-12-15-46)51-17-11-9-8-10-16-47-36(49)14-13-28-19-31-39(37(45)27(28)7)53-38-26(6)25(5)33(42)22-32(38)41(31)30-21-35(44)34(43)20-29(30)40(50)54-41;/h10-12,14-15,17-24,28,30-32,35-36,44,47H,13,16,25,27,29,33-34H2,1-9H3;19-24H,8-14,16-18H2,1-7H3,(H,47,49);1H4/t44-,47+,61?,78?;;/m0../s1. The Kier molecular flexibility index (Phi) is 35.4. The van der Waals surface area contributed by atoms with Gasteiger partial charge in [-0.25, -0.2) is 18.9 Å². The molecule has 0 bridgehead atoms. The zero-order valence-electron chi connectivity index (χ0n) is 77.4. The van der Waals surface area contributed by atoms with Gasteiger partial charge in [0.25, 0.3) is 17.1 Å². The van der Waals surface area contributed by atoms with Gasteiger partial charge < -0.3 is 61.5 Å². The third-order valence-corrected chi connectivity index (χ3v) is 32.6. The van der Waals surface area contributed by atoms with Crippen molar-refractivity contribution in [3.63, 3.8) is 0 Å². The number of methoxy groups -OCH3 is 2. The molecule has 31 heteroatoms. The van der Waals surface area contributed by atoms with Crippen molar-refractivity contribution in [2.75, 3.05) is 53.7 Å². The average Bonchev–Trinajstić information content (AvgIpc) is 1.48. The molecular formula is C103H114Cl8N6O15P2. The molecule has 14 rings (SSSR count). The van der Waals surface area contributed by atoms with Crippen LogP contribution in [0.4, 0.5) is 0 Å². The summed E-state index contributed by atoms with van der Waals surface area (Å²) in [4.78, 5) is 57.8. The molecule has 1 fully saturated rings. The van der Waals surface area contributed by atoms with Gasteiger partial charge in [-0.2, -0.15) is 10.5 Å². The second kappa shape index (κ2) is 45.3. The number of rotatable bonds is 36. The Bertz CT molecular complexity index is 5880. The monoisotopic (exact) mass is 2020 g/mol. The maximum absolute atomic E-state index is 15.3. The summed E-state index contributed by atoms with van der Waals surface area (Å²) in [5, 5.41) is 24.0. The van der Waals surface area contributed by atoms with E-state index < -0.39 is 57.9 Å². The molecule has 2 spiro atoms. The Morgan fingerprint density at radius 3 is 1.37 bits per heavy atom. The van der Waals surface area contributed by atoms with Gasteiger partial charge >= 0.3 is 11.9 Å². The molecule has 5 aliphatic rings. The van der Waals surface area contributed by atoms with E-state index in [1.807, 2.05) is 137 Å². The molecule has 5 aliphatic heterocycles. The van der Waals surface area contributed by atoms with Crippen molar-refractivity contribution in [1.29, 1.82) is 10.5 Å². The molecule has 0 aromatic heterocycles. The van der Waals surface area contributed by atoms with Crippen molar-refractivity contribution in [2.45, 2.75) is 228 Å².